The summed E-state index contributed by atoms with van der Waals surface area (Å²) in [6.07, 6.45) is 1.15. The molecule has 0 heterocycles. The first kappa shape index (κ1) is 18.0. The van der Waals surface area contributed by atoms with Crippen molar-refractivity contribution in [1.82, 2.24) is 10.6 Å². The molecule has 2 unspecified atom stereocenters. The van der Waals surface area contributed by atoms with Crippen LogP contribution in [0.15, 0.2) is 48.5 Å². The van der Waals surface area contributed by atoms with Crippen LogP contribution >= 0.6 is 0 Å². The fourth-order valence-corrected chi connectivity index (χ4v) is 2.81. The van der Waals surface area contributed by atoms with E-state index in [2.05, 4.69) is 10.6 Å². The van der Waals surface area contributed by atoms with Crippen LogP contribution in [0.3, 0.4) is 0 Å². The Hall–Kier alpha value is -2.76. The maximum Gasteiger partial charge on any atom is 0.224 e. The summed E-state index contributed by atoms with van der Waals surface area (Å²) >= 11 is 0. The lowest BCUT2D eigenvalue weighted by Gasteiger charge is -2.07. The van der Waals surface area contributed by atoms with Crippen molar-refractivity contribution in [3.05, 3.63) is 71.3 Å². The van der Waals surface area contributed by atoms with Gasteiger partial charge in [0.15, 0.2) is 0 Å². The topological polar surface area (TPSA) is 58.2 Å². The molecule has 6 heteroatoms. The Morgan fingerprint density at radius 1 is 0.808 bits per heavy atom. The standard InChI is InChI=1S/C20H20F2N2O2/c21-15-5-1-13(2-6-15)9-10-23-19(25)17-11-18(17)20(26)24-12-14-3-7-16(22)8-4-14/h1-8,17-18H,9-12H2,(H,23,25)(H,24,26). The van der Waals surface area contributed by atoms with Gasteiger partial charge in [-0.25, -0.2) is 8.78 Å². The summed E-state index contributed by atoms with van der Waals surface area (Å²) in [7, 11) is 0. The molecule has 0 aromatic heterocycles. The van der Waals surface area contributed by atoms with Crippen LogP contribution in [0, 0.1) is 23.5 Å². The summed E-state index contributed by atoms with van der Waals surface area (Å²) in [5.74, 6) is -1.50. The van der Waals surface area contributed by atoms with Crippen molar-refractivity contribution in [2.45, 2.75) is 19.4 Å². The van der Waals surface area contributed by atoms with Gasteiger partial charge in [0.05, 0.1) is 11.8 Å². The van der Waals surface area contributed by atoms with E-state index >= 15 is 0 Å². The third-order valence-corrected chi connectivity index (χ3v) is 4.47. The van der Waals surface area contributed by atoms with E-state index in [0.717, 1.165) is 11.1 Å². The fourth-order valence-electron chi connectivity index (χ4n) is 2.81. The van der Waals surface area contributed by atoms with E-state index in [1.807, 2.05) is 0 Å². The third-order valence-electron chi connectivity index (χ3n) is 4.47. The van der Waals surface area contributed by atoms with Crippen LogP contribution in [0.25, 0.3) is 0 Å². The van der Waals surface area contributed by atoms with Crippen molar-refractivity contribution in [2.75, 3.05) is 6.54 Å². The lowest BCUT2D eigenvalue weighted by atomic mass is 10.1. The number of carbonyl (C=O) groups is 2. The lowest BCUT2D eigenvalue weighted by Crippen LogP contribution is -2.31. The van der Waals surface area contributed by atoms with Crippen molar-refractivity contribution >= 4 is 11.8 Å². The van der Waals surface area contributed by atoms with E-state index < -0.39 is 0 Å². The highest BCUT2D eigenvalue weighted by Crippen LogP contribution is 2.38. The molecule has 1 aliphatic carbocycles. The van der Waals surface area contributed by atoms with Crippen molar-refractivity contribution in [1.29, 1.82) is 0 Å². The van der Waals surface area contributed by atoms with E-state index in [1.165, 1.54) is 24.3 Å². The van der Waals surface area contributed by atoms with Gasteiger partial charge in [0.2, 0.25) is 11.8 Å². The Labute approximate surface area is 150 Å². The van der Waals surface area contributed by atoms with Gasteiger partial charge in [0.25, 0.3) is 0 Å². The van der Waals surface area contributed by atoms with Crippen molar-refractivity contribution in [2.24, 2.45) is 11.8 Å². The van der Waals surface area contributed by atoms with Crippen LogP contribution in [0.5, 0.6) is 0 Å². The molecule has 0 spiro atoms. The Morgan fingerprint density at radius 3 is 1.88 bits per heavy atom. The first-order valence-corrected chi connectivity index (χ1v) is 8.57. The number of carbonyl (C=O) groups excluding carboxylic acids is 2. The predicted octanol–water partition coefficient (Wildman–Crippen LogP) is 2.58. The smallest absolute Gasteiger partial charge is 0.224 e. The minimum atomic E-state index is -0.320. The highest BCUT2D eigenvalue weighted by Gasteiger charge is 2.47. The van der Waals surface area contributed by atoms with Crippen LogP contribution < -0.4 is 10.6 Å². The molecule has 2 aromatic rings. The van der Waals surface area contributed by atoms with Crippen LogP contribution in [0.4, 0.5) is 8.78 Å². The first-order chi connectivity index (χ1) is 12.5. The normalized spacial score (nSPS) is 18.2. The number of amides is 2. The molecule has 2 amide bonds. The van der Waals surface area contributed by atoms with E-state index in [1.54, 1.807) is 24.3 Å². The summed E-state index contributed by atoms with van der Waals surface area (Å²) in [6, 6.07) is 12.1. The van der Waals surface area contributed by atoms with Gasteiger partial charge in [0.1, 0.15) is 11.6 Å². The minimum Gasteiger partial charge on any atom is -0.356 e. The van der Waals surface area contributed by atoms with Crippen LogP contribution in [0.1, 0.15) is 17.5 Å². The van der Waals surface area contributed by atoms with Crippen LogP contribution in [-0.4, -0.2) is 18.4 Å². The Morgan fingerprint density at radius 2 is 1.31 bits per heavy atom. The molecule has 2 atom stereocenters. The third kappa shape index (κ3) is 4.88. The molecule has 1 aliphatic rings. The lowest BCUT2D eigenvalue weighted by molar-refractivity contribution is -0.127. The second-order valence-corrected chi connectivity index (χ2v) is 6.46. The molecule has 136 valence electrons. The number of nitrogens with one attached hydrogen (secondary N) is 2. The van der Waals surface area contributed by atoms with Crippen LogP contribution in [0.2, 0.25) is 0 Å². The summed E-state index contributed by atoms with van der Waals surface area (Å²) < 4.78 is 25.7. The van der Waals surface area contributed by atoms with Gasteiger partial charge in [-0.2, -0.15) is 0 Å². The molecule has 0 bridgehead atoms. The molecule has 0 saturated heterocycles. The molecular weight excluding hydrogens is 338 g/mol. The average Bonchev–Trinajstić information content (AvgIpc) is 3.43. The highest BCUT2D eigenvalue weighted by atomic mass is 19.1. The van der Waals surface area contributed by atoms with E-state index in [0.29, 0.717) is 25.9 Å². The number of benzene rings is 2. The summed E-state index contributed by atoms with van der Waals surface area (Å²) in [5, 5.41) is 5.59. The fraction of sp³-hybridized carbons (Fsp3) is 0.300. The second-order valence-electron chi connectivity index (χ2n) is 6.46. The van der Waals surface area contributed by atoms with Gasteiger partial charge in [-0.05, 0) is 48.2 Å². The minimum absolute atomic E-state index is 0.131. The van der Waals surface area contributed by atoms with Gasteiger partial charge in [-0.1, -0.05) is 24.3 Å². The van der Waals surface area contributed by atoms with Gasteiger partial charge in [-0.3, -0.25) is 9.59 Å². The van der Waals surface area contributed by atoms with Crippen molar-refractivity contribution in [3.63, 3.8) is 0 Å². The molecule has 2 aromatic carbocycles. The molecule has 1 fully saturated rings. The predicted molar refractivity (Wildman–Crippen MR) is 93.0 cm³/mol. The quantitative estimate of drug-likeness (QED) is 0.799. The maximum atomic E-state index is 12.8. The summed E-state index contributed by atoms with van der Waals surface area (Å²) in [4.78, 5) is 24.2. The Balaban J connectivity index is 1.37. The number of rotatable bonds is 7. The molecule has 0 aliphatic heterocycles. The zero-order valence-corrected chi connectivity index (χ0v) is 14.2. The molecule has 3 rings (SSSR count). The molecule has 26 heavy (non-hydrogen) atoms. The summed E-state index contributed by atoms with van der Waals surface area (Å²) in [5.41, 5.74) is 1.75. The van der Waals surface area contributed by atoms with Gasteiger partial charge in [0, 0.05) is 13.1 Å². The first-order valence-electron chi connectivity index (χ1n) is 8.57. The maximum absolute atomic E-state index is 12.8. The van der Waals surface area contributed by atoms with Gasteiger partial charge >= 0.3 is 0 Å². The molecule has 1 saturated carbocycles. The summed E-state index contributed by atoms with van der Waals surface area (Å²) in [6.45, 7) is 0.763. The van der Waals surface area contributed by atoms with Gasteiger partial charge in [-0.15, -0.1) is 0 Å². The van der Waals surface area contributed by atoms with E-state index in [4.69, 9.17) is 0 Å². The Kier molecular flexibility index (Phi) is 5.61. The van der Waals surface area contributed by atoms with Crippen molar-refractivity contribution < 1.29 is 18.4 Å². The Bertz CT molecular complexity index is 775. The number of halogens is 2. The van der Waals surface area contributed by atoms with Gasteiger partial charge < -0.3 is 10.6 Å². The number of hydrogen-bond donors (Lipinski definition) is 2. The van der Waals surface area contributed by atoms with Crippen LogP contribution in [-0.2, 0) is 22.6 Å². The van der Waals surface area contributed by atoms with E-state index in [-0.39, 0.29) is 35.3 Å². The molecular formula is C20H20F2N2O2. The van der Waals surface area contributed by atoms with E-state index in [9.17, 15) is 18.4 Å². The monoisotopic (exact) mass is 358 g/mol. The zero-order chi connectivity index (χ0) is 18.5. The SMILES string of the molecule is O=C(NCCc1ccc(F)cc1)C1CC1C(=O)NCc1ccc(F)cc1. The molecule has 2 N–H and O–H groups in total. The second kappa shape index (κ2) is 8.08. The largest absolute Gasteiger partial charge is 0.356 e. The molecule has 4 nitrogen and oxygen atoms in total. The van der Waals surface area contributed by atoms with Crippen molar-refractivity contribution in [3.8, 4) is 0 Å². The zero-order valence-electron chi connectivity index (χ0n) is 14.2. The average molecular weight is 358 g/mol. The number of hydrogen-bond acceptors (Lipinski definition) is 2. The molecule has 0 radical (unpaired) electrons. The highest BCUT2D eigenvalue weighted by molar-refractivity contribution is 5.92.